The van der Waals surface area contributed by atoms with Crippen LogP contribution in [0.5, 0.6) is 0 Å². The van der Waals surface area contributed by atoms with Crippen molar-refractivity contribution in [1.29, 1.82) is 0 Å². The highest BCUT2D eigenvalue weighted by Gasteiger charge is 2.32. The van der Waals surface area contributed by atoms with Crippen LogP contribution in [0.3, 0.4) is 0 Å². The number of ether oxygens (including phenoxy) is 1. The van der Waals surface area contributed by atoms with Crippen LogP contribution in [0.1, 0.15) is 53.0 Å². The molecule has 1 aliphatic rings. The summed E-state index contributed by atoms with van der Waals surface area (Å²) in [5.74, 6) is 0.274. The maximum absolute atomic E-state index is 11.8. The van der Waals surface area contributed by atoms with Crippen LogP contribution in [0.25, 0.3) is 0 Å². The van der Waals surface area contributed by atoms with Crippen molar-refractivity contribution in [1.82, 2.24) is 10.3 Å². The second kappa shape index (κ2) is 5.60. The summed E-state index contributed by atoms with van der Waals surface area (Å²) in [5.41, 5.74) is 0.960. The lowest BCUT2D eigenvalue weighted by molar-refractivity contribution is 0.0530. The van der Waals surface area contributed by atoms with Gasteiger partial charge in [-0.1, -0.05) is 6.92 Å². The van der Waals surface area contributed by atoms with E-state index in [0.29, 0.717) is 17.4 Å². The predicted octanol–water partition coefficient (Wildman–Crippen LogP) is 2.31. The Bertz CT molecular complexity index is 399. The quantitative estimate of drug-likeness (QED) is 0.791. The average molecular weight is 254 g/mol. The maximum atomic E-state index is 11.8. The van der Waals surface area contributed by atoms with Gasteiger partial charge in [0.15, 0.2) is 0 Å². The lowest BCUT2D eigenvalue weighted by Gasteiger charge is -1.99. The van der Waals surface area contributed by atoms with Crippen LogP contribution < -0.4 is 5.32 Å². The number of hydrogen-bond donors (Lipinski definition) is 1. The van der Waals surface area contributed by atoms with Crippen LogP contribution >= 0.6 is 11.3 Å². The molecule has 1 fully saturated rings. The van der Waals surface area contributed by atoms with Crippen molar-refractivity contribution >= 4 is 17.3 Å². The third kappa shape index (κ3) is 3.04. The van der Waals surface area contributed by atoms with Gasteiger partial charge < -0.3 is 10.1 Å². The molecule has 0 aromatic carbocycles. The fraction of sp³-hybridized carbons (Fsp3) is 0.667. The third-order valence-electron chi connectivity index (χ3n) is 2.65. The molecular formula is C12H18N2O2S. The Morgan fingerprint density at radius 1 is 1.53 bits per heavy atom. The van der Waals surface area contributed by atoms with Gasteiger partial charge in [-0.2, -0.15) is 0 Å². The summed E-state index contributed by atoms with van der Waals surface area (Å²) in [4.78, 5) is 17.1. The van der Waals surface area contributed by atoms with Crippen LogP contribution in [0.4, 0.5) is 0 Å². The van der Waals surface area contributed by atoms with E-state index in [4.69, 9.17) is 4.74 Å². The lowest BCUT2D eigenvalue weighted by atomic mass is 10.2. The van der Waals surface area contributed by atoms with Crippen molar-refractivity contribution in [2.75, 3.05) is 13.2 Å². The van der Waals surface area contributed by atoms with Crippen LogP contribution in [-0.2, 0) is 11.3 Å². The molecule has 1 aromatic heterocycles. The number of aromatic nitrogens is 1. The molecular weight excluding hydrogens is 236 g/mol. The summed E-state index contributed by atoms with van der Waals surface area (Å²) in [5, 5.41) is 4.21. The summed E-state index contributed by atoms with van der Waals surface area (Å²) < 4.78 is 5.08. The van der Waals surface area contributed by atoms with Crippen molar-refractivity contribution < 1.29 is 9.53 Å². The molecule has 0 atom stereocenters. The number of carbonyl (C=O) groups excluding carboxylic acids is 1. The van der Waals surface area contributed by atoms with E-state index in [9.17, 15) is 4.79 Å². The molecule has 2 rings (SSSR count). The lowest BCUT2D eigenvalue weighted by Crippen LogP contribution is -2.11. The van der Waals surface area contributed by atoms with Crippen molar-refractivity contribution in [3.8, 4) is 0 Å². The first-order valence-electron chi connectivity index (χ1n) is 6.13. The van der Waals surface area contributed by atoms with Crippen LogP contribution in [0.2, 0.25) is 0 Å². The molecule has 1 aromatic rings. The highest BCUT2D eigenvalue weighted by atomic mass is 32.1. The molecule has 1 saturated carbocycles. The smallest absolute Gasteiger partial charge is 0.350 e. The van der Waals surface area contributed by atoms with Gasteiger partial charge in [-0.15, -0.1) is 11.3 Å². The van der Waals surface area contributed by atoms with E-state index in [1.54, 1.807) is 0 Å². The number of thiazole rings is 1. The van der Waals surface area contributed by atoms with Crippen LogP contribution in [-0.4, -0.2) is 24.1 Å². The van der Waals surface area contributed by atoms with E-state index in [2.05, 4.69) is 17.2 Å². The van der Waals surface area contributed by atoms with Crippen molar-refractivity contribution in [3.63, 3.8) is 0 Å². The number of esters is 1. The molecule has 0 unspecified atom stereocenters. The normalized spacial score (nSPS) is 14.9. The summed E-state index contributed by atoms with van der Waals surface area (Å²) in [7, 11) is 0. The zero-order valence-corrected chi connectivity index (χ0v) is 11.1. The van der Waals surface area contributed by atoms with E-state index in [0.717, 1.165) is 36.6 Å². The Kier molecular flexibility index (Phi) is 4.12. The minimum atomic E-state index is -0.213. The zero-order valence-electron chi connectivity index (χ0n) is 10.3. The number of hydrogen-bond acceptors (Lipinski definition) is 5. The average Bonchev–Trinajstić information content (AvgIpc) is 3.07. The Morgan fingerprint density at radius 3 is 2.88 bits per heavy atom. The molecule has 0 aliphatic heterocycles. The van der Waals surface area contributed by atoms with Crippen molar-refractivity contribution in [2.24, 2.45) is 0 Å². The SMILES string of the molecule is CCNCc1nc(C2CC2)c(C(=O)OCC)s1. The van der Waals surface area contributed by atoms with Gasteiger partial charge in [-0.3, -0.25) is 0 Å². The molecule has 17 heavy (non-hydrogen) atoms. The molecule has 0 saturated heterocycles. The molecule has 0 spiro atoms. The third-order valence-corrected chi connectivity index (χ3v) is 3.70. The molecule has 1 aliphatic carbocycles. The second-order valence-corrected chi connectivity index (χ2v) is 5.18. The van der Waals surface area contributed by atoms with Gasteiger partial charge in [-0.25, -0.2) is 9.78 Å². The Balaban J connectivity index is 2.16. The summed E-state index contributed by atoms with van der Waals surface area (Å²) in [6.07, 6.45) is 2.30. The topological polar surface area (TPSA) is 51.2 Å². The van der Waals surface area contributed by atoms with E-state index in [1.807, 2.05) is 6.92 Å². The Morgan fingerprint density at radius 2 is 2.29 bits per heavy atom. The van der Waals surface area contributed by atoms with Crippen LogP contribution in [0.15, 0.2) is 0 Å². The summed E-state index contributed by atoms with van der Waals surface area (Å²) >= 11 is 1.47. The van der Waals surface area contributed by atoms with Gasteiger partial charge >= 0.3 is 5.97 Å². The van der Waals surface area contributed by atoms with Gasteiger partial charge in [0.05, 0.1) is 12.3 Å². The van der Waals surface area contributed by atoms with Gasteiger partial charge in [-0.05, 0) is 26.3 Å². The predicted molar refractivity (Wildman–Crippen MR) is 67.4 cm³/mol. The molecule has 0 bridgehead atoms. The number of carbonyl (C=O) groups is 1. The Hall–Kier alpha value is -0.940. The van der Waals surface area contributed by atoms with Crippen LogP contribution in [0, 0.1) is 0 Å². The first-order chi connectivity index (χ1) is 8.26. The fourth-order valence-electron chi connectivity index (χ4n) is 1.66. The van der Waals surface area contributed by atoms with Gasteiger partial charge in [0, 0.05) is 12.5 Å². The van der Waals surface area contributed by atoms with E-state index < -0.39 is 0 Å². The largest absolute Gasteiger partial charge is 0.462 e. The number of nitrogens with zero attached hydrogens (tertiary/aromatic N) is 1. The molecule has 5 heteroatoms. The van der Waals surface area contributed by atoms with Crippen molar-refractivity contribution in [2.45, 2.75) is 39.2 Å². The Labute approximate surface area is 105 Å². The molecule has 4 nitrogen and oxygen atoms in total. The molecule has 0 radical (unpaired) electrons. The molecule has 0 amide bonds. The fourth-order valence-corrected chi connectivity index (χ4v) is 2.67. The van der Waals surface area contributed by atoms with Gasteiger partial charge in [0.25, 0.3) is 0 Å². The van der Waals surface area contributed by atoms with E-state index in [-0.39, 0.29) is 5.97 Å². The monoisotopic (exact) mass is 254 g/mol. The van der Waals surface area contributed by atoms with E-state index >= 15 is 0 Å². The molecule has 94 valence electrons. The highest BCUT2D eigenvalue weighted by Crippen LogP contribution is 2.42. The molecule has 1 N–H and O–H groups in total. The van der Waals surface area contributed by atoms with Crippen molar-refractivity contribution in [3.05, 3.63) is 15.6 Å². The first-order valence-corrected chi connectivity index (χ1v) is 6.95. The zero-order chi connectivity index (χ0) is 12.3. The number of nitrogens with one attached hydrogen (secondary N) is 1. The highest BCUT2D eigenvalue weighted by molar-refractivity contribution is 7.13. The number of rotatable bonds is 6. The molecule has 1 heterocycles. The minimum Gasteiger partial charge on any atom is -0.462 e. The second-order valence-electron chi connectivity index (χ2n) is 4.10. The van der Waals surface area contributed by atoms with Gasteiger partial charge in [0.1, 0.15) is 9.88 Å². The van der Waals surface area contributed by atoms with E-state index in [1.165, 1.54) is 11.3 Å². The summed E-state index contributed by atoms with van der Waals surface area (Å²) in [6, 6.07) is 0. The standard InChI is InChI=1S/C12H18N2O2S/c1-3-13-7-9-14-10(8-5-6-8)11(17-9)12(15)16-4-2/h8,13H,3-7H2,1-2H3. The van der Waals surface area contributed by atoms with Gasteiger partial charge in [0.2, 0.25) is 0 Å². The first kappa shape index (κ1) is 12.5. The summed E-state index contributed by atoms with van der Waals surface area (Å²) in [6.45, 7) is 5.95. The maximum Gasteiger partial charge on any atom is 0.350 e. The minimum absolute atomic E-state index is 0.213.